The van der Waals surface area contributed by atoms with Crippen molar-refractivity contribution in [3.63, 3.8) is 0 Å². The fraction of sp³-hybridized carbons (Fsp3) is 0.800. The second-order valence-electron chi connectivity index (χ2n) is 1.55. The van der Waals surface area contributed by atoms with Crippen LogP contribution in [-0.2, 0) is 9.53 Å². The van der Waals surface area contributed by atoms with E-state index in [1.165, 1.54) is 7.11 Å². The Hall–Kier alpha value is 0.240. The zero-order chi connectivity index (χ0) is 7.49. The Morgan fingerprint density at radius 3 is 2.44 bits per heavy atom. The van der Waals surface area contributed by atoms with Crippen molar-refractivity contribution in [1.29, 1.82) is 0 Å². The molecule has 54 valence electrons. The molecule has 4 heteroatoms. The van der Waals surface area contributed by atoms with Crippen molar-refractivity contribution in [3.8, 4) is 0 Å². The van der Waals surface area contributed by atoms with Crippen LogP contribution in [0.2, 0.25) is 0 Å². The van der Waals surface area contributed by atoms with Gasteiger partial charge in [-0.1, -0.05) is 34.5 Å². The highest BCUT2D eigenvalue weighted by Crippen LogP contribution is 2.28. The van der Waals surface area contributed by atoms with Crippen LogP contribution in [0.3, 0.4) is 0 Å². The van der Waals surface area contributed by atoms with E-state index in [4.69, 9.17) is 11.6 Å². The van der Waals surface area contributed by atoms with E-state index in [2.05, 4.69) is 20.7 Å². The van der Waals surface area contributed by atoms with Crippen LogP contribution in [0, 0.1) is 0 Å². The first-order chi connectivity index (χ1) is 4.04. The molecule has 0 amide bonds. The van der Waals surface area contributed by atoms with Crippen LogP contribution in [0.5, 0.6) is 0 Å². The van der Waals surface area contributed by atoms with Gasteiger partial charge in [-0.05, 0) is 6.42 Å². The Morgan fingerprint density at radius 1 is 1.89 bits per heavy atom. The molecule has 2 nitrogen and oxygen atoms in total. The van der Waals surface area contributed by atoms with Gasteiger partial charge < -0.3 is 4.74 Å². The summed E-state index contributed by atoms with van der Waals surface area (Å²) in [4.78, 5) is 10.7. The lowest BCUT2D eigenvalue weighted by Crippen LogP contribution is -2.25. The van der Waals surface area contributed by atoms with E-state index in [1.807, 2.05) is 0 Å². The van der Waals surface area contributed by atoms with Crippen molar-refractivity contribution in [2.45, 2.75) is 17.1 Å². The molecule has 0 aromatic carbocycles. The molecule has 1 atom stereocenters. The molecule has 0 rings (SSSR count). The molecule has 0 heterocycles. The molecular formula is C5H8BrClO2. The van der Waals surface area contributed by atoms with Gasteiger partial charge in [0, 0.05) is 0 Å². The molecule has 0 radical (unpaired) electrons. The number of esters is 1. The van der Waals surface area contributed by atoms with Crippen LogP contribution in [0.25, 0.3) is 0 Å². The van der Waals surface area contributed by atoms with E-state index in [9.17, 15) is 4.79 Å². The molecule has 0 bridgehead atoms. The highest BCUT2D eigenvalue weighted by molar-refractivity contribution is 9.10. The van der Waals surface area contributed by atoms with Crippen LogP contribution in [0.1, 0.15) is 13.3 Å². The molecule has 0 aliphatic carbocycles. The third-order valence-electron chi connectivity index (χ3n) is 0.928. The van der Waals surface area contributed by atoms with Crippen molar-refractivity contribution in [2.75, 3.05) is 7.11 Å². The standard InChI is InChI=1S/C5H8BrClO2/c1-3-5(6,7)4(8)9-2/h3H2,1-2H3. The van der Waals surface area contributed by atoms with Crippen LogP contribution < -0.4 is 0 Å². The summed E-state index contributed by atoms with van der Waals surface area (Å²) in [6.07, 6.45) is 0.501. The van der Waals surface area contributed by atoms with Crippen LogP contribution >= 0.6 is 27.5 Å². The average Bonchev–Trinajstić information content (AvgIpc) is 1.86. The van der Waals surface area contributed by atoms with E-state index in [1.54, 1.807) is 6.92 Å². The maximum Gasteiger partial charge on any atom is 0.337 e. The summed E-state index contributed by atoms with van der Waals surface area (Å²) in [5.74, 6) is -0.452. The first kappa shape index (κ1) is 9.24. The molecule has 0 N–H and O–H groups in total. The zero-order valence-corrected chi connectivity index (χ0v) is 7.62. The van der Waals surface area contributed by atoms with E-state index < -0.39 is 9.75 Å². The summed E-state index contributed by atoms with van der Waals surface area (Å²) in [5, 5.41) is 0. The van der Waals surface area contributed by atoms with E-state index in [0.29, 0.717) is 6.42 Å². The van der Waals surface area contributed by atoms with E-state index in [0.717, 1.165) is 0 Å². The topological polar surface area (TPSA) is 26.3 Å². The lowest BCUT2D eigenvalue weighted by atomic mass is 10.3. The van der Waals surface area contributed by atoms with Gasteiger partial charge in [0.1, 0.15) is 0 Å². The van der Waals surface area contributed by atoms with Crippen molar-refractivity contribution in [3.05, 3.63) is 0 Å². The SMILES string of the molecule is CCC(Cl)(Br)C(=O)OC. The Kier molecular flexibility index (Phi) is 3.51. The summed E-state index contributed by atoms with van der Waals surface area (Å²) < 4.78 is 3.36. The van der Waals surface area contributed by atoms with Gasteiger partial charge >= 0.3 is 5.97 Å². The zero-order valence-electron chi connectivity index (χ0n) is 5.28. The number of hydrogen-bond donors (Lipinski definition) is 0. The number of methoxy groups -OCH3 is 1. The Balaban J connectivity index is 3.97. The molecule has 9 heavy (non-hydrogen) atoms. The first-order valence-electron chi connectivity index (χ1n) is 2.51. The number of hydrogen-bond acceptors (Lipinski definition) is 2. The molecule has 0 spiro atoms. The molecule has 0 aliphatic heterocycles. The normalized spacial score (nSPS) is 16.4. The number of ether oxygens (including phenoxy) is 1. The summed E-state index contributed by atoms with van der Waals surface area (Å²) in [7, 11) is 1.30. The van der Waals surface area contributed by atoms with Gasteiger partial charge in [-0.3, -0.25) is 0 Å². The van der Waals surface area contributed by atoms with Gasteiger partial charge in [0.2, 0.25) is 0 Å². The lowest BCUT2D eigenvalue weighted by Gasteiger charge is -2.12. The summed E-state index contributed by atoms with van der Waals surface area (Å²) >= 11 is 8.61. The number of carbonyl (C=O) groups excluding carboxylic acids is 1. The first-order valence-corrected chi connectivity index (χ1v) is 3.68. The smallest absolute Gasteiger partial charge is 0.337 e. The van der Waals surface area contributed by atoms with Crippen molar-refractivity contribution in [1.82, 2.24) is 0 Å². The third kappa shape index (κ3) is 2.54. The highest BCUT2D eigenvalue weighted by atomic mass is 79.9. The Labute approximate surface area is 67.6 Å². The van der Waals surface area contributed by atoms with Gasteiger partial charge in [-0.2, -0.15) is 0 Å². The maximum absolute atomic E-state index is 10.7. The fourth-order valence-electron chi connectivity index (χ4n) is 0.294. The van der Waals surface area contributed by atoms with Crippen molar-refractivity contribution >= 4 is 33.5 Å². The predicted octanol–water partition coefficient (Wildman–Crippen LogP) is 1.90. The second-order valence-corrected chi connectivity index (χ2v) is 4.01. The summed E-state index contributed by atoms with van der Waals surface area (Å²) in [6, 6.07) is 0. The molecule has 0 saturated carbocycles. The van der Waals surface area contributed by atoms with Crippen LogP contribution in [0.4, 0.5) is 0 Å². The molecule has 0 aromatic rings. The molecule has 0 saturated heterocycles. The molecule has 0 fully saturated rings. The van der Waals surface area contributed by atoms with Crippen LogP contribution in [-0.4, -0.2) is 16.9 Å². The molecule has 0 aromatic heterocycles. The number of rotatable bonds is 2. The van der Waals surface area contributed by atoms with Gasteiger partial charge in [0.15, 0.2) is 3.78 Å². The number of halogens is 2. The van der Waals surface area contributed by atoms with Gasteiger partial charge in [-0.25, -0.2) is 4.79 Å². The van der Waals surface area contributed by atoms with Crippen molar-refractivity contribution in [2.24, 2.45) is 0 Å². The minimum Gasteiger partial charge on any atom is -0.467 e. The van der Waals surface area contributed by atoms with E-state index >= 15 is 0 Å². The van der Waals surface area contributed by atoms with Crippen LogP contribution in [0.15, 0.2) is 0 Å². The third-order valence-corrected chi connectivity index (χ3v) is 2.23. The molecular weight excluding hydrogens is 207 g/mol. The monoisotopic (exact) mass is 214 g/mol. The molecule has 0 aliphatic rings. The Bertz CT molecular complexity index is 114. The fourth-order valence-corrected chi connectivity index (χ4v) is 0.533. The number of carbonyl (C=O) groups is 1. The minimum atomic E-state index is -1.03. The lowest BCUT2D eigenvalue weighted by molar-refractivity contribution is -0.141. The second kappa shape index (κ2) is 3.42. The Morgan fingerprint density at radius 2 is 2.33 bits per heavy atom. The summed E-state index contributed by atoms with van der Waals surface area (Å²) in [6.45, 7) is 1.79. The number of alkyl halides is 2. The summed E-state index contributed by atoms with van der Waals surface area (Å²) in [5.41, 5.74) is 0. The van der Waals surface area contributed by atoms with Gasteiger partial charge in [-0.15, -0.1) is 0 Å². The van der Waals surface area contributed by atoms with E-state index in [-0.39, 0.29) is 0 Å². The largest absolute Gasteiger partial charge is 0.467 e. The molecule has 1 unspecified atom stereocenters. The quantitative estimate of drug-likeness (QED) is 0.519. The van der Waals surface area contributed by atoms with Gasteiger partial charge in [0.25, 0.3) is 0 Å². The average molecular weight is 215 g/mol. The highest BCUT2D eigenvalue weighted by Gasteiger charge is 2.31. The van der Waals surface area contributed by atoms with Crippen molar-refractivity contribution < 1.29 is 9.53 Å². The minimum absolute atomic E-state index is 0.452. The van der Waals surface area contributed by atoms with Gasteiger partial charge in [0.05, 0.1) is 7.11 Å². The predicted molar refractivity (Wildman–Crippen MR) is 39.8 cm³/mol. The maximum atomic E-state index is 10.7.